The highest BCUT2D eigenvalue weighted by atomic mass is 15.5. The van der Waals surface area contributed by atoms with E-state index in [1.807, 2.05) is 0 Å². The van der Waals surface area contributed by atoms with Gasteiger partial charge in [0.25, 0.3) is 0 Å². The van der Waals surface area contributed by atoms with Gasteiger partial charge >= 0.3 is 19.0 Å². The van der Waals surface area contributed by atoms with Crippen LogP contribution in [0.2, 0.25) is 0 Å². The van der Waals surface area contributed by atoms with Crippen LogP contribution in [0.4, 0.5) is 0 Å². The van der Waals surface area contributed by atoms with Gasteiger partial charge in [0.05, 0.1) is 0 Å². The zero-order valence-corrected chi connectivity index (χ0v) is 22.6. The number of fused-ring (bicyclic) bond motifs is 6. The lowest BCUT2D eigenvalue weighted by atomic mass is 9.82. The predicted octanol–water partition coefficient (Wildman–Crippen LogP) is 6.25. The molecule has 7 aromatic rings. The Balaban J connectivity index is 1.47. The van der Waals surface area contributed by atoms with Gasteiger partial charge in [-0.3, -0.25) is 0 Å². The van der Waals surface area contributed by atoms with Crippen molar-refractivity contribution in [2.24, 2.45) is 0 Å². The Morgan fingerprint density at radius 1 is 0.500 bits per heavy atom. The van der Waals surface area contributed by atoms with Gasteiger partial charge < -0.3 is 0 Å². The van der Waals surface area contributed by atoms with Crippen molar-refractivity contribution in [3.8, 4) is 22.5 Å². The molecule has 8 rings (SSSR count). The van der Waals surface area contributed by atoms with Gasteiger partial charge in [-0.05, 0) is 49.6 Å². The van der Waals surface area contributed by atoms with E-state index in [0.29, 0.717) is 0 Å². The van der Waals surface area contributed by atoms with Crippen LogP contribution in [0.5, 0.6) is 0 Å². The van der Waals surface area contributed by atoms with Crippen molar-refractivity contribution in [2.45, 2.75) is 19.3 Å². The molecule has 0 bridgehead atoms. The molecule has 0 radical (unpaired) electrons. The summed E-state index contributed by atoms with van der Waals surface area (Å²) in [6.07, 6.45) is 6.45. The summed E-state index contributed by atoms with van der Waals surface area (Å²) in [4.78, 5) is 0. The zero-order valence-electron chi connectivity index (χ0n) is 22.6. The predicted molar refractivity (Wildman–Crippen MR) is 158 cm³/mol. The first-order chi connectivity index (χ1) is 19.6. The Bertz CT molecular complexity index is 2010. The highest BCUT2D eigenvalue weighted by molar-refractivity contribution is 6.10. The molecular weight excluding hydrogens is 488 g/mol. The molecule has 0 aliphatic heterocycles. The van der Waals surface area contributed by atoms with Gasteiger partial charge in [-0.2, -0.15) is 0 Å². The van der Waals surface area contributed by atoms with Gasteiger partial charge in [0.2, 0.25) is 11.4 Å². The molecule has 2 aromatic heterocycles. The van der Waals surface area contributed by atoms with E-state index in [0.717, 1.165) is 11.4 Å². The van der Waals surface area contributed by atoms with Crippen LogP contribution in [0.25, 0.3) is 44.3 Å². The van der Waals surface area contributed by atoms with Crippen LogP contribution in [-0.4, -0.2) is 4.68 Å². The number of hydrogen-bond acceptors (Lipinski definition) is 0. The molecule has 0 saturated heterocycles. The third-order valence-electron chi connectivity index (χ3n) is 8.42. The average molecular weight is 518 g/mol. The number of hydrogen-bond donors (Lipinski definition) is 0. The van der Waals surface area contributed by atoms with E-state index in [2.05, 4.69) is 173 Å². The number of benzene rings is 5. The second-order valence-corrected chi connectivity index (χ2v) is 11.1. The molecular formula is C36H29N4+3. The summed E-state index contributed by atoms with van der Waals surface area (Å²) in [5, 5.41) is 2.52. The molecule has 1 aliphatic rings. The van der Waals surface area contributed by atoms with Gasteiger partial charge in [0, 0.05) is 45.1 Å². The molecule has 40 heavy (non-hydrogen) atoms. The van der Waals surface area contributed by atoms with Crippen molar-refractivity contribution in [2.75, 3.05) is 0 Å². The Labute approximate surface area is 233 Å². The summed E-state index contributed by atoms with van der Waals surface area (Å²) in [5.41, 5.74) is 9.93. The Morgan fingerprint density at radius 3 is 1.80 bits per heavy atom. The van der Waals surface area contributed by atoms with Crippen LogP contribution >= 0.6 is 0 Å². The van der Waals surface area contributed by atoms with E-state index in [1.54, 1.807) is 0 Å². The van der Waals surface area contributed by atoms with Gasteiger partial charge in [0.1, 0.15) is 11.0 Å². The highest BCUT2D eigenvalue weighted by Gasteiger charge is 2.37. The molecule has 0 fully saturated rings. The normalized spacial score (nSPS) is 13.4. The maximum atomic E-state index is 2.43. The largest absolute Gasteiger partial charge is 0.452 e. The van der Waals surface area contributed by atoms with Crippen LogP contribution in [0.3, 0.4) is 0 Å². The summed E-state index contributed by atoms with van der Waals surface area (Å²) >= 11 is 0. The molecule has 190 valence electrons. The minimum absolute atomic E-state index is 0.0458. The second kappa shape index (κ2) is 8.45. The number of nitrogens with zero attached hydrogens (tertiary/aromatic N) is 4. The fourth-order valence-corrected chi connectivity index (χ4v) is 6.44. The summed E-state index contributed by atoms with van der Waals surface area (Å²) in [6.45, 7) is 4.69. The quantitative estimate of drug-likeness (QED) is 0.246. The number of aromatic nitrogens is 4. The Morgan fingerprint density at radius 2 is 1.10 bits per heavy atom. The van der Waals surface area contributed by atoms with Crippen molar-refractivity contribution in [3.05, 3.63) is 151 Å². The second-order valence-electron chi connectivity index (χ2n) is 11.1. The third kappa shape index (κ3) is 3.29. The van der Waals surface area contributed by atoms with Crippen LogP contribution in [0.1, 0.15) is 25.0 Å². The van der Waals surface area contributed by atoms with Crippen molar-refractivity contribution < 1.29 is 13.8 Å². The minimum atomic E-state index is -0.0458. The van der Waals surface area contributed by atoms with Gasteiger partial charge in [0.15, 0.2) is 0 Å². The van der Waals surface area contributed by atoms with Gasteiger partial charge in [-0.15, -0.1) is 4.68 Å². The first-order valence-electron chi connectivity index (χ1n) is 13.8. The first-order valence-corrected chi connectivity index (χ1v) is 13.8. The topological polar surface area (TPSA) is 16.6 Å². The van der Waals surface area contributed by atoms with E-state index < -0.39 is 0 Å². The van der Waals surface area contributed by atoms with Crippen molar-refractivity contribution in [3.63, 3.8) is 0 Å². The van der Waals surface area contributed by atoms with E-state index in [-0.39, 0.29) is 5.41 Å². The molecule has 0 unspecified atom stereocenters. The number of rotatable bonds is 3. The third-order valence-corrected chi connectivity index (χ3v) is 8.42. The maximum absolute atomic E-state index is 2.43. The van der Waals surface area contributed by atoms with Gasteiger partial charge in [-0.1, -0.05) is 92.7 Å². The summed E-state index contributed by atoms with van der Waals surface area (Å²) < 4.78 is 8.92. The molecule has 0 atom stereocenters. The Hall–Kier alpha value is -5.09. The molecule has 0 amide bonds. The number of para-hydroxylation sites is 3. The lowest BCUT2D eigenvalue weighted by Crippen LogP contribution is -2.58. The molecule has 4 heteroatoms. The summed E-state index contributed by atoms with van der Waals surface area (Å²) in [5.74, 6) is 0. The maximum Gasteiger partial charge on any atom is 0.452 e. The SMILES string of the molecule is CC1(C)c2ccccc2-c2cc3c(cc21)c1ccccc1n3-[n+]1c[n+](-c2ccccc2)c[n+](-c2ccccc2)c1. The monoisotopic (exact) mass is 517 g/mol. The zero-order chi connectivity index (χ0) is 26.8. The summed E-state index contributed by atoms with van der Waals surface area (Å²) in [7, 11) is 0. The lowest BCUT2D eigenvalue weighted by molar-refractivity contribution is -0.901. The fourth-order valence-electron chi connectivity index (χ4n) is 6.44. The van der Waals surface area contributed by atoms with Crippen molar-refractivity contribution >= 4 is 21.8 Å². The first kappa shape index (κ1) is 22.9. The van der Waals surface area contributed by atoms with E-state index in [9.17, 15) is 0 Å². The fraction of sp³-hybridized carbons (Fsp3) is 0.0833. The molecule has 1 aliphatic carbocycles. The van der Waals surface area contributed by atoms with Crippen LogP contribution in [0, 0.1) is 0 Å². The van der Waals surface area contributed by atoms with Crippen LogP contribution in [0.15, 0.2) is 140 Å². The van der Waals surface area contributed by atoms with Crippen molar-refractivity contribution in [1.29, 1.82) is 0 Å². The molecule has 4 nitrogen and oxygen atoms in total. The Kier molecular flexibility index (Phi) is 4.83. The van der Waals surface area contributed by atoms with E-state index in [4.69, 9.17) is 0 Å². The highest BCUT2D eigenvalue weighted by Crippen LogP contribution is 2.50. The van der Waals surface area contributed by atoms with Crippen LogP contribution < -0.4 is 13.8 Å². The molecule has 5 aromatic carbocycles. The minimum Gasteiger partial charge on any atom is -0.105 e. The van der Waals surface area contributed by atoms with E-state index >= 15 is 0 Å². The molecule has 0 saturated carbocycles. The van der Waals surface area contributed by atoms with E-state index in [1.165, 1.54) is 44.1 Å². The standard InChI is InChI=1S/C36H29N4/c1-36(2)32-19-11-9-17-28(32)30-22-35-31(21-33(30)36)29-18-10-12-20-34(29)40(35)39-24-37(26-13-5-3-6-14-26)23-38(25-39)27-15-7-4-8-16-27/h3-25H,1-2H3/q+3. The molecule has 0 spiro atoms. The average Bonchev–Trinajstić information content (AvgIpc) is 3.45. The van der Waals surface area contributed by atoms with Gasteiger partial charge in [-0.25, -0.2) is 0 Å². The molecule has 0 N–H and O–H groups in total. The lowest BCUT2D eigenvalue weighted by Gasteiger charge is -2.21. The summed E-state index contributed by atoms with van der Waals surface area (Å²) in [6, 6.07) is 43.4. The van der Waals surface area contributed by atoms with Crippen LogP contribution in [-0.2, 0) is 5.41 Å². The molecule has 2 heterocycles. The smallest absolute Gasteiger partial charge is 0.105 e. The van der Waals surface area contributed by atoms with Crippen molar-refractivity contribution in [1.82, 2.24) is 4.68 Å².